The van der Waals surface area contributed by atoms with Crippen molar-refractivity contribution in [2.45, 2.75) is 16.7 Å². The number of amides is 1. The molecule has 5 rings (SSSR count). The Labute approximate surface area is 147 Å². The molecule has 2 N–H and O–H groups in total. The van der Waals surface area contributed by atoms with E-state index in [0.717, 1.165) is 27.9 Å². The Balaban J connectivity index is 1.68. The lowest BCUT2D eigenvalue weighted by Gasteiger charge is -2.39. The van der Waals surface area contributed by atoms with Crippen LogP contribution in [0.3, 0.4) is 0 Å². The van der Waals surface area contributed by atoms with Crippen LogP contribution >= 0.6 is 23.4 Å². The van der Waals surface area contributed by atoms with Gasteiger partial charge < -0.3 is 15.0 Å². The molecule has 3 aromatic rings. The van der Waals surface area contributed by atoms with Crippen molar-refractivity contribution in [1.82, 2.24) is 9.88 Å². The monoisotopic (exact) mass is 356 g/mol. The summed E-state index contributed by atoms with van der Waals surface area (Å²) in [4.78, 5) is 19.2. The fraction of sp³-hybridized carbons (Fsp3) is 0.167. The number of nitrogens with zero attached hydrogens (tertiary/aromatic N) is 1. The zero-order valence-electron chi connectivity index (χ0n) is 12.5. The number of aromatic nitrogens is 1. The van der Waals surface area contributed by atoms with E-state index in [2.05, 4.69) is 4.98 Å². The largest absolute Gasteiger partial charge is 0.508 e. The smallest absolute Gasteiger partial charge is 0.256 e. The Morgan fingerprint density at radius 2 is 2.12 bits per heavy atom. The topological polar surface area (TPSA) is 56.3 Å². The Morgan fingerprint density at radius 1 is 1.25 bits per heavy atom. The molecule has 0 bridgehead atoms. The maximum atomic E-state index is 12.9. The molecule has 1 atom stereocenters. The van der Waals surface area contributed by atoms with Gasteiger partial charge in [-0.2, -0.15) is 0 Å². The molecule has 0 fully saturated rings. The summed E-state index contributed by atoms with van der Waals surface area (Å²) in [5.41, 5.74) is 3.93. The highest BCUT2D eigenvalue weighted by Gasteiger charge is 2.39. The summed E-state index contributed by atoms with van der Waals surface area (Å²) >= 11 is 7.72. The highest BCUT2D eigenvalue weighted by atomic mass is 35.5. The van der Waals surface area contributed by atoms with Crippen molar-refractivity contribution in [3.05, 3.63) is 58.2 Å². The number of aromatic amines is 1. The molecule has 2 aromatic carbocycles. The van der Waals surface area contributed by atoms with Crippen LogP contribution in [0.25, 0.3) is 10.9 Å². The number of nitrogens with one attached hydrogen (secondary N) is 1. The second-order valence-corrected chi connectivity index (χ2v) is 7.66. The second kappa shape index (κ2) is 4.94. The number of benzene rings is 2. The molecule has 120 valence electrons. The fourth-order valence-corrected chi connectivity index (χ4v) is 5.10. The lowest BCUT2D eigenvalue weighted by atomic mass is 10.0. The first-order valence-corrected chi connectivity index (χ1v) is 8.98. The van der Waals surface area contributed by atoms with Gasteiger partial charge in [0, 0.05) is 27.4 Å². The van der Waals surface area contributed by atoms with Gasteiger partial charge in [-0.3, -0.25) is 4.79 Å². The third-order valence-corrected chi connectivity index (χ3v) is 6.29. The lowest BCUT2D eigenvalue weighted by molar-refractivity contribution is 0.0714. The normalized spacial score (nSPS) is 19.1. The van der Waals surface area contributed by atoms with Crippen LogP contribution in [0.5, 0.6) is 5.75 Å². The highest BCUT2D eigenvalue weighted by Crippen LogP contribution is 2.49. The number of halogens is 1. The number of hydrogen-bond donors (Lipinski definition) is 2. The molecule has 2 aliphatic rings. The number of fused-ring (bicyclic) bond motifs is 6. The Morgan fingerprint density at radius 3 is 3.00 bits per heavy atom. The van der Waals surface area contributed by atoms with Crippen LogP contribution in [0.2, 0.25) is 5.02 Å². The average molecular weight is 357 g/mol. The maximum Gasteiger partial charge on any atom is 0.256 e. The summed E-state index contributed by atoms with van der Waals surface area (Å²) in [6, 6.07) is 10.9. The standard InChI is InChI=1S/C18H13ClN2O2S/c19-9-1-4-15-13(7-9)17(23)21-6-5-11-12-8-10(22)2-3-14(12)20-16(11)18(21)24-15/h1-4,7-8,18,20,22H,5-6H2. The van der Waals surface area contributed by atoms with Crippen molar-refractivity contribution in [2.24, 2.45) is 0 Å². The van der Waals surface area contributed by atoms with Crippen LogP contribution in [-0.4, -0.2) is 27.4 Å². The number of carbonyl (C=O) groups is 1. The molecule has 0 radical (unpaired) electrons. The molecular weight excluding hydrogens is 344 g/mol. The van der Waals surface area contributed by atoms with Crippen LogP contribution in [0.15, 0.2) is 41.3 Å². The predicted molar refractivity (Wildman–Crippen MR) is 94.8 cm³/mol. The number of H-pyrrole nitrogens is 1. The van der Waals surface area contributed by atoms with Crippen LogP contribution in [0.1, 0.15) is 27.0 Å². The second-order valence-electron chi connectivity index (χ2n) is 6.11. The number of aromatic hydroxyl groups is 1. The molecule has 4 nitrogen and oxygen atoms in total. The molecule has 2 aliphatic heterocycles. The van der Waals surface area contributed by atoms with Gasteiger partial charge in [-0.25, -0.2) is 0 Å². The molecule has 0 saturated carbocycles. The summed E-state index contributed by atoms with van der Waals surface area (Å²) in [5, 5.41) is 11.3. The van der Waals surface area contributed by atoms with Gasteiger partial charge in [0.25, 0.3) is 5.91 Å². The first-order chi connectivity index (χ1) is 11.6. The van der Waals surface area contributed by atoms with Crippen LogP contribution in [-0.2, 0) is 6.42 Å². The first-order valence-electron chi connectivity index (χ1n) is 7.72. The van der Waals surface area contributed by atoms with Crippen LogP contribution < -0.4 is 0 Å². The number of phenolic OH excluding ortho intramolecular Hbond substituents is 1. The Kier molecular flexibility index (Phi) is 2.94. The van der Waals surface area contributed by atoms with E-state index in [9.17, 15) is 9.90 Å². The quantitative estimate of drug-likeness (QED) is 0.630. The summed E-state index contributed by atoms with van der Waals surface area (Å²) in [7, 11) is 0. The van der Waals surface area contributed by atoms with Crippen molar-refractivity contribution >= 4 is 40.2 Å². The van der Waals surface area contributed by atoms with Gasteiger partial charge in [-0.15, -0.1) is 0 Å². The minimum atomic E-state index is -0.0653. The Bertz CT molecular complexity index is 1010. The number of thioether (sulfide) groups is 1. The van der Waals surface area contributed by atoms with E-state index < -0.39 is 0 Å². The van der Waals surface area contributed by atoms with E-state index in [1.807, 2.05) is 23.1 Å². The molecule has 0 spiro atoms. The van der Waals surface area contributed by atoms with Crippen molar-refractivity contribution in [3.8, 4) is 5.75 Å². The molecule has 1 aromatic heterocycles. The number of rotatable bonds is 0. The minimum Gasteiger partial charge on any atom is -0.508 e. The summed E-state index contributed by atoms with van der Waals surface area (Å²) < 4.78 is 0. The molecule has 3 heterocycles. The van der Waals surface area contributed by atoms with E-state index in [1.165, 1.54) is 5.56 Å². The maximum absolute atomic E-state index is 12.9. The fourth-order valence-electron chi connectivity index (χ4n) is 3.62. The SMILES string of the molecule is O=C1c2cc(Cl)ccc2SC2c3[nH]c4ccc(O)cc4c3CCN12. The van der Waals surface area contributed by atoms with E-state index in [-0.39, 0.29) is 17.0 Å². The van der Waals surface area contributed by atoms with Crippen molar-refractivity contribution < 1.29 is 9.90 Å². The van der Waals surface area contributed by atoms with Crippen LogP contribution in [0.4, 0.5) is 0 Å². The molecule has 0 aliphatic carbocycles. The average Bonchev–Trinajstić information content (AvgIpc) is 2.94. The Hall–Kier alpha value is -2.11. The van der Waals surface area contributed by atoms with Crippen LogP contribution in [0, 0.1) is 0 Å². The van der Waals surface area contributed by atoms with Gasteiger partial charge >= 0.3 is 0 Å². The number of phenols is 1. The van der Waals surface area contributed by atoms with E-state index in [4.69, 9.17) is 11.6 Å². The van der Waals surface area contributed by atoms with E-state index >= 15 is 0 Å². The van der Waals surface area contributed by atoms with Crippen molar-refractivity contribution in [2.75, 3.05) is 6.54 Å². The zero-order chi connectivity index (χ0) is 16.4. The van der Waals surface area contributed by atoms with Gasteiger partial charge in [0.2, 0.25) is 0 Å². The van der Waals surface area contributed by atoms with Gasteiger partial charge in [0.1, 0.15) is 11.1 Å². The third-order valence-electron chi connectivity index (χ3n) is 4.73. The molecule has 0 saturated heterocycles. The molecule has 24 heavy (non-hydrogen) atoms. The predicted octanol–water partition coefficient (Wildman–Crippen LogP) is 4.33. The summed E-state index contributed by atoms with van der Waals surface area (Å²) in [5.74, 6) is 0.294. The van der Waals surface area contributed by atoms with E-state index in [1.54, 1.807) is 30.0 Å². The number of hydrogen-bond acceptors (Lipinski definition) is 3. The molecule has 1 amide bonds. The summed E-state index contributed by atoms with van der Waals surface area (Å²) in [6.07, 6.45) is 0.775. The summed E-state index contributed by atoms with van der Waals surface area (Å²) in [6.45, 7) is 0.665. The minimum absolute atomic E-state index is 0.0309. The van der Waals surface area contributed by atoms with E-state index in [0.29, 0.717) is 17.1 Å². The van der Waals surface area contributed by atoms with Gasteiger partial charge in [0.05, 0.1) is 11.3 Å². The molecule has 1 unspecified atom stereocenters. The first kappa shape index (κ1) is 14.3. The third kappa shape index (κ3) is 1.91. The van der Waals surface area contributed by atoms with Gasteiger partial charge in [0.15, 0.2) is 0 Å². The van der Waals surface area contributed by atoms with Gasteiger partial charge in [-0.05, 0) is 48.4 Å². The highest BCUT2D eigenvalue weighted by molar-refractivity contribution is 7.99. The molecule has 6 heteroatoms. The van der Waals surface area contributed by atoms with Gasteiger partial charge in [-0.1, -0.05) is 23.4 Å². The molecular formula is C18H13ClN2O2S. The lowest BCUT2D eigenvalue weighted by Crippen LogP contribution is -2.41. The van der Waals surface area contributed by atoms with Crippen molar-refractivity contribution in [3.63, 3.8) is 0 Å². The van der Waals surface area contributed by atoms with Crippen molar-refractivity contribution in [1.29, 1.82) is 0 Å². The number of carbonyl (C=O) groups excluding carboxylic acids is 1. The zero-order valence-corrected chi connectivity index (χ0v) is 14.1.